The molecule has 4 amide bonds. The van der Waals surface area contributed by atoms with Crippen molar-refractivity contribution in [2.24, 2.45) is 0 Å². The Morgan fingerprint density at radius 2 is 0.968 bits per heavy atom. The second-order valence-electron chi connectivity index (χ2n) is 16.6. The third-order valence-electron chi connectivity index (χ3n) is 8.19. The Labute approximate surface area is 381 Å². The second-order valence-corrected chi connectivity index (χ2v) is 16.9. The first-order valence-corrected chi connectivity index (χ1v) is 20.5. The van der Waals surface area contributed by atoms with Gasteiger partial charge in [-0.1, -0.05) is 51.3 Å². The number of para-hydroxylation sites is 2. The number of carbonyl (C=O) groups excluding carboxylic acids is 6. The highest BCUT2D eigenvalue weighted by molar-refractivity contribution is 6.28. The van der Waals surface area contributed by atoms with Crippen LogP contribution in [0.5, 0.6) is 11.5 Å². The van der Waals surface area contributed by atoms with Crippen molar-refractivity contribution in [3.8, 4) is 11.5 Å². The number of benzene rings is 2. The van der Waals surface area contributed by atoms with E-state index in [1.807, 2.05) is 24.3 Å². The number of amides is 4. The number of phenols is 1. The number of aromatic hydroxyl groups is 1. The highest BCUT2D eigenvalue weighted by Gasteiger charge is 2.32. The van der Waals surface area contributed by atoms with Crippen LogP contribution < -0.4 is 26.0 Å². The van der Waals surface area contributed by atoms with Crippen LogP contribution in [0.1, 0.15) is 110 Å². The molecule has 0 unspecified atom stereocenters. The Balaban J connectivity index is -0.000000974. The van der Waals surface area contributed by atoms with Crippen LogP contribution in [-0.2, 0) is 38.1 Å². The molecule has 16 nitrogen and oxygen atoms in total. The molecular formula is C46H77ClN4O12. The number of hydrogen-bond donors (Lipinski definition) is 5. The van der Waals surface area contributed by atoms with Gasteiger partial charge in [-0.3, -0.25) is 19.2 Å². The number of nitrogens with one attached hydrogen (secondary N) is 4. The lowest BCUT2D eigenvalue weighted by Gasteiger charge is -2.26. The van der Waals surface area contributed by atoms with E-state index in [0.717, 1.165) is 0 Å². The van der Waals surface area contributed by atoms with Crippen molar-refractivity contribution in [3.63, 3.8) is 0 Å². The second kappa shape index (κ2) is 31.0. The van der Waals surface area contributed by atoms with E-state index in [1.54, 1.807) is 106 Å². The summed E-state index contributed by atoms with van der Waals surface area (Å²) in [5, 5.41) is 19.3. The molecule has 63 heavy (non-hydrogen) atoms. The van der Waals surface area contributed by atoms with Crippen molar-refractivity contribution >= 4 is 47.2 Å². The third kappa shape index (κ3) is 29.9. The summed E-state index contributed by atoms with van der Waals surface area (Å²) in [6.45, 7) is 17.6. The van der Waals surface area contributed by atoms with Gasteiger partial charge in [0.15, 0.2) is 11.6 Å². The number of carbonyl (C=O) groups is 6. The van der Waals surface area contributed by atoms with Crippen LogP contribution in [0, 0.1) is 0 Å². The molecular weight excluding hydrogens is 836 g/mol. The maximum Gasteiger partial charge on any atom is 0.407 e. The third-order valence-corrected chi connectivity index (χ3v) is 8.45. The molecule has 0 bridgehead atoms. The first kappa shape index (κ1) is 62.4. The maximum atomic E-state index is 12.7. The zero-order valence-corrected chi connectivity index (χ0v) is 38.7. The zero-order valence-electron chi connectivity index (χ0n) is 37.9. The quantitative estimate of drug-likeness (QED) is 0.0644. The average molecular weight is 914 g/mol. The van der Waals surface area contributed by atoms with E-state index in [-0.39, 0.29) is 38.9 Å². The SMILES string of the molecule is C.C.COC(C)(C)C(=O)N[C@@H](CCCNC(=O)OC(C)(C)C)C(=O)CCl.COC(C)(C)C(=O)N[C@@H](CCCNC(=O)OC(C)(C)C)C(=O)COc1ccccc1.Oc1ccccc1. The summed E-state index contributed by atoms with van der Waals surface area (Å²) < 4.78 is 26.1. The molecule has 5 N–H and O–H groups in total. The van der Waals surface area contributed by atoms with Crippen molar-refractivity contribution in [1.29, 1.82) is 0 Å². The summed E-state index contributed by atoms with van der Waals surface area (Å²) >= 11 is 5.59. The highest BCUT2D eigenvalue weighted by Crippen LogP contribution is 2.13. The molecule has 17 heteroatoms. The van der Waals surface area contributed by atoms with Gasteiger partial charge in [0, 0.05) is 27.3 Å². The van der Waals surface area contributed by atoms with E-state index in [1.165, 1.54) is 14.2 Å². The smallest absolute Gasteiger partial charge is 0.407 e. The van der Waals surface area contributed by atoms with E-state index >= 15 is 0 Å². The summed E-state index contributed by atoms with van der Waals surface area (Å²) in [5.74, 6) is -0.651. The van der Waals surface area contributed by atoms with Gasteiger partial charge in [-0.15, -0.1) is 11.6 Å². The van der Waals surface area contributed by atoms with E-state index in [9.17, 15) is 28.8 Å². The minimum Gasteiger partial charge on any atom is -0.508 e. The monoisotopic (exact) mass is 913 g/mol. The molecule has 0 radical (unpaired) electrons. The van der Waals surface area contributed by atoms with Crippen molar-refractivity contribution in [2.45, 2.75) is 144 Å². The van der Waals surface area contributed by atoms with Gasteiger partial charge in [0.2, 0.25) is 0 Å². The number of hydrogen-bond acceptors (Lipinski definition) is 12. The molecule has 0 aliphatic heterocycles. The van der Waals surface area contributed by atoms with E-state index in [2.05, 4.69) is 21.3 Å². The molecule has 0 aromatic heterocycles. The Morgan fingerprint density at radius 3 is 1.29 bits per heavy atom. The fourth-order valence-electron chi connectivity index (χ4n) is 4.39. The van der Waals surface area contributed by atoms with E-state index in [4.69, 9.17) is 40.4 Å². The fourth-order valence-corrected chi connectivity index (χ4v) is 4.58. The summed E-state index contributed by atoms with van der Waals surface area (Å²) in [7, 11) is 2.85. The Hall–Kier alpha value is -4.93. The number of halogens is 1. The maximum absolute atomic E-state index is 12.7. The molecule has 0 aliphatic carbocycles. The van der Waals surface area contributed by atoms with Crippen molar-refractivity contribution < 1.29 is 57.6 Å². The molecule has 2 rings (SSSR count). The number of alkyl halides is 1. The number of phenolic OH excluding ortho intramolecular Hbond substituents is 1. The lowest BCUT2D eigenvalue weighted by molar-refractivity contribution is -0.142. The van der Waals surface area contributed by atoms with Crippen LogP contribution >= 0.6 is 11.6 Å². The number of ketones is 2. The van der Waals surface area contributed by atoms with Gasteiger partial charge < -0.3 is 50.1 Å². The molecule has 0 saturated carbocycles. The molecule has 0 spiro atoms. The minimum absolute atomic E-state index is 0. The van der Waals surface area contributed by atoms with Crippen LogP contribution in [0.15, 0.2) is 60.7 Å². The van der Waals surface area contributed by atoms with Gasteiger partial charge in [0.05, 0.1) is 18.0 Å². The predicted molar refractivity (Wildman–Crippen MR) is 247 cm³/mol. The summed E-state index contributed by atoms with van der Waals surface area (Å²) in [4.78, 5) is 72.4. The van der Waals surface area contributed by atoms with Gasteiger partial charge >= 0.3 is 12.2 Å². The molecule has 0 saturated heterocycles. The summed E-state index contributed by atoms with van der Waals surface area (Å²) in [6.07, 6.45) is 0.592. The Bertz CT molecular complexity index is 1630. The first-order chi connectivity index (χ1) is 28.3. The lowest BCUT2D eigenvalue weighted by Crippen LogP contribution is -2.51. The summed E-state index contributed by atoms with van der Waals surface area (Å²) in [5.41, 5.74) is -3.27. The van der Waals surface area contributed by atoms with E-state index < -0.39 is 58.5 Å². The number of alkyl carbamates (subject to hydrolysis) is 2. The first-order valence-electron chi connectivity index (χ1n) is 20.0. The minimum atomic E-state index is -1.08. The van der Waals surface area contributed by atoms with Crippen LogP contribution in [0.25, 0.3) is 0 Å². The molecule has 0 heterocycles. The van der Waals surface area contributed by atoms with Gasteiger partial charge in [-0.2, -0.15) is 0 Å². The van der Waals surface area contributed by atoms with Crippen molar-refractivity contribution in [2.75, 3.05) is 39.8 Å². The van der Waals surface area contributed by atoms with Gasteiger partial charge in [-0.25, -0.2) is 9.59 Å². The van der Waals surface area contributed by atoms with Gasteiger partial charge in [0.25, 0.3) is 11.8 Å². The number of rotatable bonds is 20. The molecule has 2 aromatic rings. The summed E-state index contributed by atoms with van der Waals surface area (Å²) in [6, 6.07) is 16.2. The zero-order chi connectivity index (χ0) is 46.9. The van der Waals surface area contributed by atoms with E-state index in [0.29, 0.717) is 50.3 Å². The van der Waals surface area contributed by atoms with Crippen LogP contribution in [-0.4, -0.2) is 115 Å². The standard InChI is InChI=1S/C22H34N2O6.C16H29ClN2O5.C6H6O.2CH4/c1-21(2,3)30-20(27)23-14-10-13-17(24-19(26)22(4,5)28-6)18(25)15-29-16-11-8-7-9-12-16;1-15(2,3)24-14(22)18-9-7-8-11(12(20)10-17)19-13(21)16(4,5)23-6;7-6-4-2-1-3-5-6;;/h7-9,11-12,17H,10,13-15H2,1-6H3,(H,23,27)(H,24,26);11H,7-10H2,1-6H3,(H,18,22)(H,19,21);1-5,7H;2*1H4/t17-;11-;;;/m00.../s1. The highest BCUT2D eigenvalue weighted by atomic mass is 35.5. The number of ether oxygens (including phenoxy) is 5. The fraction of sp³-hybridized carbons (Fsp3) is 0.609. The Morgan fingerprint density at radius 1 is 0.603 bits per heavy atom. The topological polar surface area (TPSA) is 217 Å². The Kier molecular flexibility index (Phi) is 30.7. The molecule has 2 aromatic carbocycles. The van der Waals surface area contributed by atoms with Gasteiger partial charge in [0.1, 0.15) is 40.5 Å². The average Bonchev–Trinajstić information content (AvgIpc) is 3.18. The largest absolute Gasteiger partial charge is 0.508 e. The molecule has 0 aliphatic rings. The normalized spacial score (nSPS) is 12.0. The lowest BCUT2D eigenvalue weighted by atomic mass is 10.0. The van der Waals surface area contributed by atoms with Crippen LogP contribution in [0.2, 0.25) is 0 Å². The molecule has 0 fully saturated rings. The van der Waals surface area contributed by atoms with Crippen molar-refractivity contribution in [3.05, 3.63) is 60.7 Å². The van der Waals surface area contributed by atoms with Crippen LogP contribution in [0.4, 0.5) is 9.59 Å². The predicted octanol–water partition coefficient (Wildman–Crippen LogP) is 7.52. The molecule has 360 valence electrons. The molecule has 2 atom stereocenters. The van der Waals surface area contributed by atoms with Crippen LogP contribution in [0.3, 0.4) is 0 Å². The van der Waals surface area contributed by atoms with Crippen molar-refractivity contribution in [1.82, 2.24) is 21.3 Å². The van der Waals surface area contributed by atoms with Gasteiger partial charge in [-0.05, 0) is 119 Å². The number of methoxy groups -OCH3 is 2. The number of Topliss-reactive ketones (excluding diaryl/α,β-unsaturated/α-hetero) is 2.